The van der Waals surface area contributed by atoms with Gasteiger partial charge in [0.05, 0.1) is 11.1 Å². The van der Waals surface area contributed by atoms with Crippen molar-refractivity contribution in [3.63, 3.8) is 0 Å². The maximum atomic E-state index is 11.1. The minimum absolute atomic E-state index is 0.294. The highest BCUT2D eigenvalue weighted by molar-refractivity contribution is 7.89. The number of sulfonamides is 1. The second kappa shape index (κ2) is 6.29. The van der Waals surface area contributed by atoms with Gasteiger partial charge in [0.2, 0.25) is 10.0 Å². The van der Waals surface area contributed by atoms with E-state index >= 15 is 0 Å². The van der Waals surface area contributed by atoms with Crippen LogP contribution in [0.5, 0.6) is 0 Å². The van der Waals surface area contributed by atoms with E-state index in [2.05, 4.69) is 19.7 Å². The van der Waals surface area contributed by atoms with Crippen LogP contribution < -0.4 is 10.6 Å². The Kier molecular flexibility index (Phi) is 4.45. The molecule has 8 nitrogen and oxygen atoms in total. The summed E-state index contributed by atoms with van der Waals surface area (Å²) in [6, 6.07) is 8.24. The van der Waals surface area contributed by atoms with E-state index in [-0.39, 0.29) is 0 Å². The summed E-state index contributed by atoms with van der Waals surface area (Å²) in [6.45, 7) is 0. The van der Waals surface area contributed by atoms with Crippen molar-refractivity contribution in [3.8, 4) is 0 Å². The molecule has 0 radical (unpaired) electrons. The standard InChI is InChI=1S/C7H9NO2S.C5H5N5/c1-8-11(9,10)7-5-3-2-4-6-7;6-10-3-9-4-1-7-2-8-5(4)10/h2-6,8H,1H3;1-3H,6H2. The van der Waals surface area contributed by atoms with Crippen molar-refractivity contribution < 1.29 is 8.42 Å². The Morgan fingerprint density at radius 1 is 1.19 bits per heavy atom. The van der Waals surface area contributed by atoms with Crippen LogP contribution >= 0.6 is 0 Å². The average molecular weight is 306 g/mol. The molecule has 110 valence electrons. The highest BCUT2D eigenvalue weighted by atomic mass is 32.2. The second-order valence-corrected chi connectivity index (χ2v) is 5.79. The van der Waals surface area contributed by atoms with Gasteiger partial charge in [0.25, 0.3) is 0 Å². The molecular weight excluding hydrogens is 292 g/mol. The van der Waals surface area contributed by atoms with E-state index in [9.17, 15) is 8.42 Å². The number of hydrogen-bond donors (Lipinski definition) is 2. The van der Waals surface area contributed by atoms with Gasteiger partial charge in [0.15, 0.2) is 5.65 Å². The smallest absolute Gasteiger partial charge is 0.240 e. The lowest BCUT2D eigenvalue weighted by atomic mass is 10.4. The van der Waals surface area contributed by atoms with Gasteiger partial charge in [-0.2, -0.15) is 0 Å². The number of aromatic nitrogens is 4. The molecule has 0 saturated carbocycles. The lowest BCUT2D eigenvalue weighted by molar-refractivity contribution is 0.588. The molecule has 0 aliphatic carbocycles. The summed E-state index contributed by atoms with van der Waals surface area (Å²) in [5.41, 5.74) is 1.36. The summed E-state index contributed by atoms with van der Waals surface area (Å²) in [5, 5.41) is 0. The molecule has 3 aromatic rings. The van der Waals surface area contributed by atoms with Gasteiger partial charge >= 0.3 is 0 Å². The third-order valence-electron chi connectivity index (χ3n) is 2.56. The molecule has 0 unspecified atom stereocenters. The van der Waals surface area contributed by atoms with Crippen molar-refractivity contribution in [2.45, 2.75) is 4.90 Å². The van der Waals surface area contributed by atoms with E-state index in [0.29, 0.717) is 16.1 Å². The van der Waals surface area contributed by atoms with Crippen molar-refractivity contribution >= 4 is 21.2 Å². The zero-order chi connectivity index (χ0) is 15.3. The van der Waals surface area contributed by atoms with Gasteiger partial charge in [0, 0.05) is 0 Å². The Labute approximate surface area is 121 Å². The molecule has 1 aromatic carbocycles. The van der Waals surface area contributed by atoms with E-state index in [1.807, 2.05) is 0 Å². The maximum absolute atomic E-state index is 11.1. The SMILES string of the molecule is CNS(=O)(=O)c1ccccc1.Nn1cnc2cncnc21. The second-order valence-electron chi connectivity index (χ2n) is 3.90. The van der Waals surface area contributed by atoms with Crippen molar-refractivity contribution in [1.82, 2.24) is 24.4 Å². The van der Waals surface area contributed by atoms with Gasteiger partial charge in [-0.15, -0.1) is 0 Å². The number of hydrogen-bond acceptors (Lipinski definition) is 6. The molecule has 3 rings (SSSR count). The monoisotopic (exact) mass is 306 g/mol. The van der Waals surface area contributed by atoms with E-state index < -0.39 is 10.0 Å². The first-order chi connectivity index (χ1) is 10.0. The highest BCUT2D eigenvalue weighted by Gasteiger charge is 2.08. The van der Waals surface area contributed by atoms with Crippen LogP contribution in [0.2, 0.25) is 0 Å². The zero-order valence-corrected chi connectivity index (χ0v) is 12.0. The number of nitrogens with one attached hydrogen (secondary N) is 1. The van der Waals surface area contributed by atoms with Gasteiger partial charge in [-0.25, -0.2) is 32.8 Å². The Hall–Kier alpha value is -2.52. The van der Waals surface area contributed by atoms with Crippen molar-refractivity contribution in [1.29, 1.82) is 0 Å². The quantitative estimate of drug-likeness (QED) is 0.650. The molecule has 2 heterocycles. The van der Waals surface area contributed by atoms with Crippen LogP contribution in [-0.4, -0.2) is 35.1 Å². The molecule has 21 heavy (non-hydrogen) atoms. The Morgan fingerprint density at radius 3 is 2.52 bits per heavy atom. The number of nitrogens with zero attached hydrogens (tertiary/aromatic N) is 4. The van der Waals surface area contributed by atoms with Crippen LogP contribution in [0.25, 0.3) is 11.2 Å². The number of imidazole rings is 1. The fraction of sp³-hybridized carbons (Fsp3) is 0.0833. The Bertz CT molecular complexity index is 816. The predicted molar refractivity (Wildman–Crippen MR) is 78.2 cm³/mol. The van der Waals surface area contributed by atoms with Crippen LogP contribution in [0, 0.1) is 0 Å². The number of nitrogens with two attached hydrogens (primary N) is 1. The molecule has 3 N–H and O–H groups in total. The fourth-order valence-corrected chi connectivity index (χ4v) is 2.25. The van der Waals surface area contributed by atoms with Crippen LogP contribution in [0.1, 0.15) is 0 Å². The number of rotatable bonds is 2. The van der Waals surface area contributed by atoms with Crippen molar-refractivity contribution in [2.24, 2.45) is 0 Å². The fourth-order valence-electron chi connectivity index (χ4n) is 1.50. The lowest BCUT2D eigenvalue weighted by Crippen LogP contribution is -2.18. The molecule has 9 heteroatoms. The van der Waals surface area contributed by atoms with Gasteiger partial charge in [-0.3, -0.25) is 0 Å². The van der Waals surface area contributed by atoms with Gasteiger partial charge < -0.3 is 5.84 Å². The molecule has 0 fully saturated rings. The van der Waals surface area contributed by atoms with E-state index in [4.69, 9.17) is 5.84 Å². The molecule has 0 amide bonds. The molecule has 0 aliphatic rings. The first-order valence-electron chi connectivity index (χ1n) is 5.91. The topological polar surface area (TPSA) is 116 Å². The van der Waals surface area contributed by atoms with Crippen molar-refractivity contribution in [2.75, 3.05) is 12.9 Å². The average Bonchev–Trinajstić information content (AvgIpc) is 2.91. The highest BCUT2D eigenvalue weighted by Crippen LogP contribution is 2.05. The van der Waals surface area contributed by atoms with Crippen molar-refractivity contribution in [3.05, 3.63) is 49.2 Å². The molecule has 0 atom stereocenters. The summed E-state index contributed by atoms with van der Waals surface area (Å²) in [7, 11) is -1.86. The minimum Gasteiger partial charge on any atom is -0.336 e. The van der Waals surface area contributed by atoms with E-state index in [0.717, 1.165) is 0 Å². The van der Waals surface area contributed by atoms with Crippen LogP contribution in [0.3, 0.4) is 0 Å². The lowest BCUT2D eigenvalue weighted by Gasteiger charge is -1.99. The van der Waals surface area contributed by atoms with Crippen LogP contribution in [0.4, 0.5) is 0 Å². The van der Waals surface area contributed by atoms with Crippen LogP contribution in [0.15, 0.2) is 54.1 Å². The summed E-state index contributed by atoms with van der Waals surface area (Å²) < 4.78 is 25.8. The normalized spacial score (nSPS) is 10.9. The summed E-state index contributed by atoms with van der Waals surface area (Å²) in [5.74, 6) is 5.44. The first-order valence-corrected chi connectivity index (χ1v) is 7.39. The zero-order valence-electron chi connectivity index (χ0n) is 11.2. The third-order valence-corrected chi connectivity index (χ3v) is 3.99. The van der Waals surface area contributed by atoms with Gasteiger partial charge in [-0.1, -0.05) is 18.2 Å². The van der Waals surface area contributed by atoms with Gasteiger partial charge in [-0.05, 0) is 19.2 Å². The summed E-state index contributed by atoms with van der Waals surface area (Å²) in [4.78, 5) is 11.9. The Balaban J connectivity index is 0.000000154. The van der Waals surface area contributed by atoms with E-state index in [1.165, 1.54) is 24.4 Å². The summed E-state index contributed by atoms with van der Waals surface area (Å²) >= 11 is 0. The largest absolute Gasteiger partial charge is 0.336 e. The predicted octanol–water partition coefficient (Wildman–Crippen LogP) is 0.135. The van der Waals surface area contributed by atoms with E-state index in [1.54, 1.807) is 36.5 Å². The minimum atomic E-state index is -3.25. The molecule has 0 spiro atoms. The molecular formula is C12H14N6O2S. The third kappa shape index (κ3) is 3.52. The maximum Gasteiger partial charge on any atom is 0.240 e. The molecule has 0 bridgehead atoms. The first kappa shape index (κ1) is 14.9. The van der Waals surface area contributed by atoms with Gasteiger partial charge in [0.1, 0.15) is 18.2 Å². The number of benzene rings is 1. The number of fused-ring (bicyclic) bond motifs is 1. The molecule has 0 aliphatic heterocycles. The molecule has 2 aromatic heterocycles. The van der Waals surface area contributed by atoms with Crippen LogP contribution in [-0.2, 0) is 10.0 Å². The molecule has 0 saturated heterocycles. The Morgan fingerprint density at radius 2 is 1.90 bits per heavy atom. The summed E-state index contributed by atoms with van der Waals surface area (Å²) in [6.07, 6.45) is 4.55. The number of nitrogen functional groups attached to an aromatic ring is 1.